The van der Waals surface area contributed by atoms with Crippen LogP contribution in [0.15, 0.2) is 30.4 Å². The number of phenols is 1. The number of carbonyl (C=O) groups excluding carboxylic acids is 2. The zero-order valence-electron chi connectivity index (χ0n) is 12.6. The number of nitro groups is 1. The summed E-state index contributed by atoms with van der Waals surface area (Å²) in [7, 11) is 0. The minimum atomic E-state index is -0.610. The van der Waals surface area contributed by atoms with Crippen molar-refractivity contribution in [3.63, 3.8) is 0 Å². The topological polar surface area (TPSA) is 113 Å². The molecule has 4 atom stereocenters. The van der Waals surface area contributed by atoms with Crippen molar-refractivity contribution in [2.24, 2.45) is 23.7 Å². The van der Waals surface area contributed by atoms with Crippen LogP contribution in [0.5, 0.6) is 5.75 Å². The van der Waals surface area contributed by atoms with Crippen molar-refractivity contribution in [3.8, 4) is 5.75 Å². The highest BCUT2D eigenvalue weighted by Gasteiger charge is 2.59. The minimum Gasteiger partial charge on any atom is -0.506 e. The normalized spacial score (nSPS) is 30.1. The van der Waals surface area contributed by atoms with Gasteiger partial charge >= 0.3 is 0 Å². The number of phenolic OH excluding ortho intramolecular Hbond substituents is 1. The van der Waals surface area contributed by atoms with Gasteiger partial charge in [-0.1, -0.05) is 12.2 Å². The average molecular weight is 329 g/mol. The van der Waals surface area contributed by atoms with Crippen molar-refractivity contribution in [2.75, 3.05) is 12.0 Å². The van der Waals surface area contributed by atoms with E-state index >= 15 is 0 Å². The smallest absolute Gasteiger partial charge is 0.273 e. The molecule has 4 unspecified atom stereocenters. The van der Waals surface area contributed by atoms with Crippen molar-refractivity contribution in [3.05, 3.63) is 40.5 Å². The fraction of sp³-hybridized carbons (Fsp3) is 0.375. The van der Waals surface area contributed by atoms with Crippen molar-refractivity contribution >= 4 is 23.2 Å². The summed E-state index contributed by atoms with van der Waals surface area (Å²) < 4.78 is 0. The standard InChI is InChI=1S/C16H15N3O5/c20-12-6-10(19(23)24)3-4-11(12)17-7-18-15(21)13-8-1-2-9(5-8)14(13)16(18)22/h1-4,6,8-9,13-14,17,20H,5,7H2. The minimum absolute atomic E-state index is 0.0600. The fourth-order valence-corrected chi connectivity index (χ4v) is 4.07. The third-order valence-corrected chi connectivity index (χ3v) is 5.18. The molecule has 1 aromatic rings. The molecular formula is C16H15N3O5. The zero-order chi connectivity index (χ0) is 17.0. The number of nitrogens with one attached hydrogen (secondary N) is 1. The summed E-state index contributed by atoms with van der Waals surface area (Å²) in [5, 5.41) is 23.3. The molecule has 1 aliphatic heterocycles. The van der Waals surface area contributed by atoms with Crippen LogP contribution in [-0.4, -0.2) is 33.4 Å². The second-order valence-corrected chi connectivity index (χ2v) is 6.40. The lowest BCUT2D eigenvalue weighted by molar-refractivity contribution is -0.384. The summed E-state index contributed by atoms with van der Waals surface area (Å²) in [4.78, 5) is 36.3. The van der Waals surface area contributed by atoms with Gasteiger partial charge in [-0.25, -0.2) is 0 Å². The first-order valence-electron chi connectivity index (χ1n) is 7.72. The number of hydrogen-bond donors (Lipinski definition) is 2. The van der Waals surface area contributed by atoms with Crippen LogP contribution in [0.25, 0.3) is 0 Å². The van der Waals surface area contributed by atoms with Gasteiger partial charge in [0.05, 0.1) is 35.2 Å². The molecule has 0 aromatic heterocycles. The van der Waals surface area contributed by atoms with E-state index in [1.54, 1.807) is 0 Å². The number of carbonyl (C=O) groups is 2. The third-order valence-electron chi connectivity index (χ3n) is 5.18. The van der Waals surface area contributed by atoms with Crippen LogP contribution < -0.4 is 5.32 Å². The van der Waals surface area contributed by atoms with Crippen LogP contribution in [0.2, 0.25) is 0 Å². The average Bonchev–Trinajstić information content (AvgIpc) is 3.21. The van der Waals surface area contributed by atoms with Gasteiger partial charge in [-0.05, 0) is 24.3 Å². The highest BCUT2D eigenvalue weighted by atomic mass is 16.6. The van der Waals surface area contributed by atoms with Crippen LogP contribution in [0.4, 0.5) is 11.4 Å². The van der Waals surface area contributed by atoms with Crippen LogP contribution in [0.3, 0.4) is 0 Å². The molecule has 2 amide bonds. The maximum absolute atomic E-state index is 12.5. The van der Waals surface area contributed by atoms with Gasteiger partial charge in [0.25, 0.3) is 5.69 Å². The number of nitrogens with zero attached hydrogens (tertiary/aromatic N) is 2. The van der Waals surface area contributed by atoms with E-state index in [0.717, 1.165) is 12.5 Å². The summed E-state index contributed by atoms with van der Waals surface area (Å²) in [5.74, 6) is -0.903. The number of imide groups is 1. The first kappa shape index (κ1) is 14.7. The number of benzene rings is 1. The molecule has 4 rings (SSSR count). The maximum Gasteiger partial charge on any atom is 0.273 e. The van der Waals surface area contributed by atoms with Crippen LogP contribution in [0.1, 0.15) is 6.42 Å². The molecule has 2 fully saturated rings. The van der Waals surface area contributed by atoms with E-state index in [2.05, 4.69) is 5.32 Å². The highest BCUT2D eigenvalue weighted by molar-refractivity contribution is 6.06. The van der Waals surface area contributed by atoms with E-state index in [1.165, 1.54) is 17.0 Å². The highest BCUT2D eigenvalue weighted by Crippen LogP contribution is 2.52. The lowest BCUT2D eigenvalue weighted by Gasteiger charge is -2.18. The Hall–Kier alpha value is -2.90. The Kier molecular flexibility index (Phi) is 3.09. The summed E-state index contributed by atoms with van der Waals surface area (Å²) in [5.41, 5.74) is 0.00270. The number of anilines is 1. The predicted octanol–water partition coefficient (Wildman–Crippen LogP) is 1.48. The molecule has 1 aromatic carbocycles. The van der Waals surface area contributed by atoms with Gasteiger partial charge in [0.15, 0.2) is 0 Å². The molecule has 1 heterocycles. The molecule has 3 aliphatic rings. The Morgan fingerprint density at radius 3 is 2.38 bits per heavy atom. The second-order valence-electron chi connectivity index (χ2n) is 6.40. The van der Waals surface area contributed by atoms with Crippen LogP contribution in [0, 0.1) is 33.8 Å². The lowest BCUT2D eigenvalue weighted by atomic mass is 9.85. The number of hydrogen-bond acceptors (Lipinski definition) is 6. The van der Waals surface area contributed by atoms with Gasteiger partial charge in [0.1, 0.15) is 5.75 Å². The Balaban J connectivity index is 1.48. The largest absolute Gasteiger partial charge is 0.506 e. The number of likely N-dealkylation sites (tertiary alicyclic amines) is 1. The second kappa shape index (κ2) is 5.05. The van der Waals surface area contributed by atoms with Crippen LogP contribution >= 0.6 is 0 Å². The molecule has 1 saturated carbocycles. The first-order valence-corrected chi connectivity index (χ1v) is 7.72. The molecule has 8 heteroatoms. The molecule has 8 nitrogen and oxygen atoms in total. The Labute approximate surface area is 136 Å². The quantitative estimate of drug-likeness (QED) is 0.284. The number of non-ortho nitro benzene ring substituents is 1. The van der Waals surface area contributed by atoms with Gasteiger partial charge in [0.2, 0.25) is 11.8 Å². The zero-order valence-corrected chi connectivity index (χ0v) is 12.6. The van der Waals surface area contributed by atoms with E-state index in [4.69, 9.17) is 0 Å². The Morgan fingerprint density at radius 2 is 1.83 bits per heavy atom. The van der Waals surface area contributed by atoms with Crippen molar-refractivity contribution in [1.82, 2.24) is 4.90 Å². The lowest BCUT2D eigenvalue weighted by Crippen LogP contribution is -2.37. The van der Waals surface area contributed by atoms with Crippen LogP contribution in [-0.2, 0) is 9.59 Å². The molecule has 2 aliphatic carbocycles. The third kappa shape index (κ3) is 1.99. The Bertz CT molecular complexity index is 760. The summed E-state index contributed by atoms with van der Waals surface area (Å²) in [6.45, 7) is -0.0600. The molecule has 0 radical (unpaired) electrons. The summed E-state index contributed by atoms with van der Waals surface area (Å²) in [6, 6.07) is 3.62. The van der Waals surface area contributed by atoms with E-state index in [-0.39, 0.29) is 59.3 Å². The van der Waals surface area contributed by atoms with E-state index in [0.29, 0.717) is 0 Å². The first-order chi connectivity index (χ1) is 11.5. The van der Waals surface area contributed by atoms with E-state index in [1.807, 2.05) is 12.2 Å². The van der Waals surface area contributed by atoms with Gasteiger partial charge in [-0.2, -0.15) is 0 Å². The SMILES string of the molecule is O=C1C2C3C=CC(C3)C2C(=O)N1CNc1ccc([N+](=O)[O-])cc1O. The number of aromatic hydroxyl groups is 1. The Morgan fingerprint density at radius 1 is 1.21 bits per heavy atom. The maximum atomic E-state index is 12.5. The number of allylic oxidation sites excluding steroid dienone is 2. The molecule has 2 N–H and O–H groups in total. The van der Waals surface area contributed by atoms with Crippen molar-refractivity contribution in [2.45, 2.75) is 6.42 Å². The van der Waals surface area contributed by atoms with Crippen molar-refractivity contribution in [1.29, 1.82) is 0 Å². The van der Waals surface area contributed by atoms with Gasteiger partial charge in [0, 0.05) is 6.07 Å². The molecule has 2 bridgehead atoms. The van der Waals surface area contributed by atoms with E-state index in [9.17, 15) is 24.8 Å². The fourth-order valence-electron chi connectivity index (χ4n) is 4.07. The van der Waals surface area contributed by atoms with E-state index < -0.39 is 4.92 Å². The number of amides is 2. The molecule has 124 valence electrons. The monoisotopic (exact) mass is 329 g/mol. The predicted molar refractivity (Wildman–Crippen MR) is 82.8 cm³/mol. The van der Waals surface area contributed by atoms with Gasteiger partial charge in [-0.3, -0.25) is 24.6 Å². The molecule has 1 saturated heterocycles. The number of nitro benzene ring substituents is 1. The van der Waals surface area contributed by atoms with Gasteiger partial charge in [-0.15, -0.1) is 0 Å². The molecule has 0 spiro atoms. The summed E-state index contributed by atoms with van der Waals surface area (Å²) >= 11 is 0. The van der Waals surface area contributed by atoms with Crippen molar-refractivity contribution < 1.29 is 19.6 Å². The molecular weight excluding hydrogens is 314 g/mol. The summed E-state index contributed by atoms with van der Waals surface area (Å²) in [6.07, 6.45) is 4.92. The number of fused-ring (bicyclic) bond motifs is 5. The number of rotatable bonds is 4. The molecule has 24 heavy (non-hydrogen) atoms. The van der Waals surface area contributed by atoms with Gasteiger partial charge < -0.3 is 10.4 Å².